The summed E-state index contributed by atoms with van der Waals surface area (Å²) in [6.07, 6.45) is 1.60. The molecule has 6 nitrogen and oxygen atoms in total. The number of methoxy groups -OCH3 is 1. The van der Waals surface area contributed by atoms with Crippen LogP contribution in [0.2, 0.25) is 0 Å². The Morgan fingerprint density at radius 2 is 2.07 bits per heavy atom. The van der Waals surface area contributed by atoms with Crippen molar-refractivity contribution < 1.29 is 9.53 Å². The lowest BCUT2D eigenvalue weighted by atomic mass is 10.0. The molecule has 1 heterocycles. The van der Waals surface area contributed by atoms with Crippen LogP contribution in [0, 0.1) is 6.92 Å². The zero-order chi connectivity index (χ0) is 19.2. The van der Waals surface area contributed by atoms with Crippen LogP contribution in [0.15, 0.2) is 42.5 Å². The standard InChI is InChI=1S/C21H26N4O2/c1-14-10-11-19(27-3)16(13-14)15(2)23-21(26)22-12-6-9-20-24-17-7-4-5-8-18(17)25-20/h4-5,7-8,10-11,13,15H,6,9,12H2,1-3H3,(H,24,25)(H2,22,23,26). The quantitative estimate of drug-likeness (QED) is 0.555. The zero-order valence-electron chi connectivity index (χ0n) is 16.0. The normalized spacial score (nSPS) is 12.0. The molecule has 0 saturated heterocycles. The fourth-order valence-electron chi connectivity index (χ4n) is 3.10. The van der Waals surface area contributed by atoms with Crippen molar-refractivity contribution in [3.63, 3.8) is 0 Å². The van der Waals surface area contributed by atoms with Crippen molar-refractivity contribution >= 4 is 17.1 Å². The summed E-state index contributed by atoms with van der Waals surface area (Å²) in [7, 11) is 1.64. The Bertz CT molecular complexity index is 886. The third-order valence-corrected chi connectivity index (χ3v) is 4.51. The van der Waals surface area contributed by atoms with Gasteiger partial charge in [-0.25, -0.2) is 9.78 Å². The summed E-state index contributed by atoms with van der Waals surface area (Å²) in [5.74, 6) is 1.72. The Kier molecular flexibility index (Phi) is 5.96. The Hall–Kier alpha value is -3.02. The second kappa shape index (κ2) is 8.58. The highest BCUT2D eigenvalue weighted by molar-refractivity contribution is 5.75. The van der Waals surface area contributed by atoms with E-state index >= 15 is 0 Å². The monoisotopic (exact) mass is 366 g/mol. The molecule has 2 amide bonds. The van der Waals surface area contributed by atoms with E-state index in [2.05, 4.69) is 20.6 Å². The largest absolute Gasteiger partial charge is 0.496 e. The van der Waals surface area contributed by atoms with Gasteiger partial charge in [0.15, 0.2) is 0 Å². The highest BCUT2D eigenvalue weighted by Gasteiger charge is 2.14. The van der Waals surface area contributed by atoms with Gasteiger partial charge in [0.2, 0.25) is 0 Å². The number of aryl methyl sites for hydroxylation is 2. The average Bonchev–Trinajstić information content (AvgIpc) is 3.08. The fraction of sp³-hybridized carbons (Fsp3) is 0.333. The number of carbonyl (C=O) groups excluding carboxylic acids is 1. The molecular formula is C21H26N4O2. The number of H-pyrrole nitrogens is 1. The molecule has 0 aliphatic heterocycles. The number of para-hydroxylation sites is 2. The first-order valence-corrected chi connectivity index (χ1v) is 9.19. The molecule has 6 heteroatoms. The van der Waals surface area contributed by atoms with Gasteiger partial charge in [0, 0.05) is 18.5 Å². The number of aromatic amines is 1. The number of benzene rings is 2. The van der Waals surface area contributed by atoms with Gasteiger partial charge in [0.1, 0.15) is 11.6 Å². The molecule has 3 rings (SSSR count). The molecular weight excluding hydrogens is 340 g/mol. The van der Waals surface area contributed by atoms with Crippen LogP contribution in [-0.4, -0.2) is 29.7 Å². The average molecular weight is 366 g/mol. The van der Waals surface area contributed by atoms with E-state index in [1.807, 2.05) is 56.3 Å². The predicted octanol–water partition coefficient (Wildman–Crippen LogP) is 3.87. The van der Waals surface area contributed by atoms with Crippen molar-refractivity contribution in [2.75, 3.05) is 13.7 Å². The molecule has 1 unspecified atom stereocenters. The van der Waals surface area contributed by atoms with E-state index in [9.17, 15) is 4.79 Å². The second-order valence-corrected chi connectivity index (χ2v) is 6.67. The topological polar surface area (TPSA) is 79.0 Å². The van der Waals surface area contributed by atoms with Gasteiger partial charge in [-0.1, -0.05) is 29.8 Å². The van der Waals surface area contributed by atoms with Crippen molar-refractivity contribution in [2.24, 2.45) is 0 Å². The highest BCUT2D eigenvalue weighted by Crippen LogP contribution is 2.25. The van der Waals surface area contributed by atoms with Gasteiger partial charge in [0.25, 0.3) is 0 Å². The van der Waals surface area contributed by atoms with Gasteiger partial charge in [0.05, 0.1) is 24.2 Å². The van der Waals surface area contributed by atoms with E-state index in [1.54, 1.807) is 7.11 Å². The molecule has 1 aromatic heterocycles. The summed E-state index contributed by atoms with van der Waals surface area (Å²) in [6.45, 7) is 4.56. The first kappa shape index (κ1) is 18.8. The molecule has 0 fully saturated rings. The van der Waals surface area contributed by atoms with Gasteiger partial charge >= 0.3 is 6.03 Å². The van der Waals surface area contributed by atoms with Crippen LogP contribution >= 0.6 is 0 Å². The molecule has 0 bridgehead atoms. The van der Waals surface area contributed by atoms with E-state index in [0.29, 0.717) is 6.54 Å². The summed E-state index contributed by atoms with van der Waals surface area (Å²) >= 11 is 0. The molecule has 1 atom stereocenters. The molecule has 3 N–H and O–H groups in total. The highest BCUT2D eigenvalue weighted by atomic mass is 16.5. The number of nitrogens with zero attached hydrogens (tertiary/aromatic N) is 1. The molecule has 3 aromatic rings. The van der Waals surface area contributed by atoms with Crippen molar-refractivity contribution in [1.82, 2.24) is 20.6 Å². The van der Waals surface area contributed by atoms with Gasteiger partial charge in [-0.15, -0.1) is 0 Å². The van der Waals surface area contributed by atoms with Gasteiger partial charge in [-0.2, -0.15) is 0 Å². The number of imidazole rings is 1. The van der Waals surface area contributed by atoms with Crippen LogP contribution in [0.25, 0.3) is 11.0 Å². The van der Waals surface area contributed by atoms with Gasteiger partial charge < -0.3 is 20.4 Å². The fourth-order valence-corrected chi connectivity index (χ4v) is 3.10. The van der Waals surface area contributed by atoms with Crippen LogP contribution in [0.3, 0.4) is 0 Å². The number of hydrogen-bond donors (Lipinski definition) is 3. The van der Waals surface area contributed by atoms with E-state index < -0.39 is 0 Å². The van der Waals surface area contributed by atoms with E-state index in [1.165, 1.54) is 0 Å². The maximum absolute atomic E-state index is 12.2. The smallest absolute Gasteiger partial charge is 0.315 e. The molecule has 0 radical (unpaired) electrons. The molecule has 0 spiro atoms. The summed E-state index contributed by atoms with van der Waals surface area (Å²) in [4.78, 5) is 20.0. The maximum atomic E-state index is 12.2. The SMILES string of the molecule is COc1ccc(C)cc1C(C)NC(=O)NCCCc1nc2ccccc2[nH]1. The lowest BCUT2D eigenvalue weighted by Gasteiger charge is -2.18. The number of rotatable bonds is 7. The number of carbonyl (C=O) groups is 1. The number of ether oxygens (including phenoxy) is 1. The molecule has 0 aliphatic rings. The molecule has 0 aliphatic carbocycles. The molecule has 27 heavy (non-hydrogen) atoms. The third-order valence-electron chi connectivity index (χ3n) is 4.51. The van der Waals surface area contributed by atoms with Crippen LogP contribution in [-0.2, 0) is 6.42 Å². The van der Waals surface area contributed by atoms with Crippen LogP contribution in [0.5, 0.6) is 5.75 Å². The Labute approximate surface area is 159 Å². The summed E-state index contributed by atoms with van der Waals surface area (Å²) in [5, 5.41) is 5.87. The number of hydrogen-bond acceptors (Lipinski definition) is 3. The first-order valence-electron chi connectivity index (χ1n) is 9.19. The third kappa shape index (κ3) is 4.78. The summed E-state index contributed by atoms with van der Waals surface area (Å²) in [5.41, 5.74) is 4.11. The van der Waals surface area contributed by atoms with Crippen molar-refractivity contribution in [1.29, 1.82) is 0 Å². The summed E-state index contributed by atoms with van der Waals surface area (Å²) < 4.78 is 5.39. The lowest BCUT2D eigenvalue weighted by Crippen LogP contribution is -2.37. The molecule has 142 valence electrons. The minimum absolute atomic E-state index is 0.143. The number of fused-ring (bicyclic) bond motifs is 1. The number of nitrogens with one attached hydrogen (secondary N) is 3. The van der Waals surface area contributed by atoms with Crippen molar-refractivity contribution in [2.45, 2.75) is 32.7 Å². The second-order valence-electron chi connectivity index (χ2n) is 6.67. The minimum Gasteiger partial charge on any atom is -0.496 e. The predicted molar refractivity (Wildman–Crippen MR) is 107 cm³/mol. The number of amides is 2. The van der Waals surface area contributed by atoms with E-state index in [-0.39, 0.29) is 12.1 Å². The summed E-state index contributed by atoms with van der Waals surface area (Å²) in [6, 6.07) is 13.6. The Morgan fingerprint density at radius 3 is 2.85 bits per heavy atom. The number of urea groups is 1. The molecule has 0 saturated carbocycles. The van der Waals surface area contributed by atoms with Crippen molar-refractivity contribution in [3.8, 4) is 5.75 Å². The number of aromatic nitrogens is 2. The minimum atomic E-state index is -0.185. The van der Waals surface area contributed by atoms with Crippen LogP contribution in [0.1, 0.15) is 36.3 Å². The first-order chi connectivity index (χ1) is 13.1. The Balaban J connectivity index is 1.46. The maximum Gasteiger partial charge on any atom is 0.315 e. The van der Waals surface area contributed by atoms with Crippen molar-refractivity contribution in [3.05, 3.63) is 59.4 Å². The van der Waals surface area contributed by atoms with Crippen LogP contribution < -0.4 is 15.4 Å². The lowest BCUT2D eigenvalue weighted by molar-refractivity contribution is 0.237. The van der Waals surface area contributed by atoms with Crippen LogP contribution in [0.4, 0.5) is 4.79 Å². The van der Waals surface area contributed by atoms with Gasteiger partial charge in [-0.05, 0) is 38.5 Å². The molecule has 2 aromatic carbocycles. The van der Waals surface area contributed by atoms with E-state index in [0.717, 1.165) is 46.6 Å². The zero-order valence-corrected chi connectivity index (χ0v) is 16.0. The Morgan fingerprint density at radius 1 is 1.26 bits per heavy atom. The van der Waals surface area contributed by atoms with Gasteiger partial charge in [-0.3, -0.25) is 0 Å². The van der Waals surface area contributed by atoms with E-state index in [4.69, 9.17) is 4.74 Å².